The van der Waals surface area contributed by atoms with E-state index in [1.54, 1.807) is 24.3 Å². The van der Waals surface area contributed by atoms with Crippen molar-refractivity contribution in [2.45, 2.75) is 26.4 Å². The first-order chi connectivity index (χ1) is 11.1. The average molecular weight is 329 g/mol. The molecule has 2 aliphatic rings. The predicted octanol–water partition coefficient (Wildman–Crippen LogP) is 2.80. The lowest BCUT2D eigenvalue weighted by atomic mass is 10.1. The maximum atomic E-state index is 12.7. The lowest BCUT2D eigenvalue weighted by Crippen LogP contribution is -2.38. The van der Waals surface area contributed by atoms with E-state index >= 15 is 0 Å². The number of hydrogen-bond acceptors (Lipinski definition) is 4. The molecule has 0 unspecified atom stereocenters. The summed E-state index contributed by atoms with van der Waals surface area (Å²) in [6.45, 7) is 5.10. The second-order valence-corrected chi connectivity index (χ2v) is 6.46. The van der Waals surface area contributed by atoms with Gasteiger partial charge in [0.1, 0.15) is 11.6 Å². The van der Waals surface area contributed by atoms with Gasteiger partial charge in [-0.15, -0.1) is 0 Å². The third-order valence-corrected chi connectivity index (χ3v) is 4.66. The molecule has 23 heavy (non-hydrogen) atoms. The Balaban J connectivity index is 1.62. The Morgan fingerprint density at radius 1 is 1.13 bits per heavy atom. The molecule has 0 spiro atoms. The summed E-state index contributed by atoms with van der Waals surface area (Å²) in [7, 11) is 0. The summed E-state index contributed by atoms with van der Waals surface area (Å²) in [4.78, 5) is 25.9. The molecule has 1 fully saturated rings. The first kappa shape index (κ1) is 14.5. The van der Waals surface area contributed by atoms with E-state index in [0.717, 1.165) is 36.0 Å². The predicted molar refractivity (Wildman–Crippen MR) is 88.6 cm³/mol. The fourth-order valence-electron chi connectivity index (χ4n) is 3.07. The Morgan fingerprint density at radius 3 is 2.52 bits per heavy atom. The van der Waals surface area contributed by atoms with Crippen molar-refractivity contribution in [2.75, 3.05) is 18.0 Å². The minimum atomic E-state index is 0.00637. The Labute approximate surface area is 139 Å². The zero-order valence-corrected chi connectivity index (χ0v) is 13.7. The van der Waals surface area contributed by atoms with Gasteiger partial charge in [0.05, 0.1) is 18.8 Å². The number of rotatable bonds is 2. The maximum Gasteiger partial charge on any atom is 0.254 e. The molecule has 0 atom stereocenters. The standard InChI is InChI=1S/C17H17ClN4O/c1-11-19-15-10-22(17(23)12-3-5-13(18)6-4-12)9-14(15)16(20-11)21-7-2-8-21/h3-6H,2,7-10H2,1H3. The first-order valence-corrected chi connectivity index (χ1v) is 8.16. The van der Waals surface area contributed by atoms with Gasteiger partial charge in [0.2, 0.25) is 0 Å². The van der Waals surface area contributed by atoms with Gasteiger partial charge in [-0.1, -0.05) is 11.6 Å². The van der Waals surface area contributed by atoms with Crippen LogP contribution < -0.4 is 4.90 Å². The molecule has 0 aliphatic carbocycles. The van der Waals surface area contributed by atoms with Crippen LogP contribution in [0.1, 0.15) is 33.9 Å². The second-order valence-electron chi connectivity index (χ2n) is 6.03. The third-order valence-electron chi connectivity index (χ3n) is 4.41. The van der Waals surface area contributed by atoms with E-state index in [0.29, 0.717) is 23.7 Å². The number of benzene rings is 1. The number of carbonyl (C=O) groups is 1. The number of nitrogens with zero attached hydrogens (tertiary/aromatic N) is 4. The van der Waals surface area contributed by atoms with E-state index in [9.17, 15) is 4.79 Å². The van der Waals surface area contributed by atoms with E-state index in [4.69, 9.17) is 11.6 Å². The van der Waals surface area contributed by atoms with Crippen molar-refractivity contribution in [1.82, 2.24) is 14.9 Å². The molecule has 4 rings (SSSR count). The van der Waals surface area contributed by atoms with E-state index in [1.807, 2.05) is 11.8 Å². The number of anilines is 1. The molecule has 1 amide bonds. The van der Waals surface area contributed by atoms with Crippen molar-refractivity contribution in [3.05, 3.63) is 51.9 Å². The zero-order chi connectivity index (χ0) is 16.0. The lowest BCUT2D eigenvalue weighted by molar-refractivity contribution is 0.0750. The Morgan fingerprint density at radius 2 is 1.87 bits per heavy atom. The number of amides is 1. The van der Waals surface area contributed by atoms with Crippen LogP contribution in [0.5, 0.6) is 0 Å². The van der Waals surface area contributed by atoms with E-state index in [2.05, 4.69) is 14.9 Å². The van der Waals surface area contributed by atoms with Crippen LogP contribution in [0.3, 0.4) is 0 Å². The molecule has 3 heterocycles. The maximum absolute atomic E-state index is 12.7. The number of halogens is 1. The number of aryl methyl sites for hydroxylation is 1. The molecule has 1 aromatic heterocycles. The molecule has 118 valence electrons. The molecule has 0 radical (unpaired) electrons. The minimum Gasteiger partial charge on any atom is -0.356 e. The lowest BCUT2D eigenvalue weighted by Gasteiger charge is -2.33. The molecule has 6 heteroatoms. The largest absolute Gasteiger partial charge is 0.356 e. The highest BCUT2D eigenvalue weighted by atomic mass is 35.5. The van der Waals surface area contributed by atoms with Crippen LogP contribution in [0.4, 0.5) is 5.82 Å². The third kappa shape index (κ3) is 2.55. The van der Waals surface area contributed by atoms with Gasteiger partial charge in [0.15, 0.2) is 0 Å². The molecule has 1 saturated heterocycles. The zero-order valence-electron chi connectivity index (χ0n) is 12.9. The number of carbonyl (C=O) groups excluding carboxylic acids is 1. The minimum absolute atomic E-state index is 0.00637. The van der Waals surface area contributed by atoms with Crippen LogP contribution in [0.25, 0.3) is 0 Å². The van der Waals surface area contributed by atoms with Crippen LogP contribution in [-0.2, 0) is 13.1 Å². The molecule has 5 nitrogen and oxygen atoms in total. The molecule has 1 aromatic carbocycles. The highest BCUT2D eigenvalue weighted by molar-refractivity contribution is 6.30. The van der Waals surface area contributed by atoms with Gasteiger partial charge in [-0.25, -0.2) is 9.97 Å². The van der Waals surface area contributed by atoms with Gasteiger partial charge in [-0.05, 0) is 37.6 Å². The summed E-state index contributed by atoms with van der Waals surface area (Å²) in [6.07, 6.45) is 1.20. The first-order valence-electron chi connectivity index (χ1n) is 7.78. The molecular formula is C17H17ClN4O. The van der Waals surface area contributed by atoms with Gasteiger partial charge in [0.25, 0.3) is 5.91 Å². The fraction of sp³-hybridized carbons (Fsp3) is 0.353. The Kier molecular flexibility index (Phi) is 3.45. The van der Waals surface area contributed by atoms with Gasteiger partial charge in [-0.2, -0.15) is 0 Å². The van der Waals surface area contributed by atoms with Crippen LogP contribution in [-0.4, -0.2) is 33.9 Å². The summed E-state index contributed by atoms with van der Waals surface area (Å²) in [6, 6.07) is 7.02. The molecule has 2 aliphatic heterocycles. The summed E-state index contributed by atoms with van der Waals surface area (Å²) < 4.78 is 0. The summed E-state index contributed by atoms with van der Waals surface area (Å²) in [5, 5.41) is 0.632. The van der Waals surface area contributed by atoms with Crippen LogP contribution >= 0.6 is 11.6 Å². The van der Waals surface area contributed by atoms with Gasteiger partial charge < -0.3 is 9.80 Å². The Bertz CT molecular complexity index is 771. The monoisotopic (exact) mass is 328 g/mol. The van der Waals surface area contributed by atoms with Crippen molar-refractivity contribution in [3.63, 3.8) is 0 Å². The summed E-state index contributed by atoms with van der Waals surface area (Å²) in [5.74, 6) is 1.78. The van der Waals surface area contributed by atoms with E-state index in [1.165, 1.54) is 6.42 Å². The Hall–Kier alpha value is -2.14. The SMILES string of the molecule is Cc1nc2c(c(N3CCC3)n1)CN(C(=O)c1ccc(Cl)cc1)C2. The fourth-order valence-corrected chi connectivity index (χ4v) is 3.19. The van der Waals surface area contributed by atoms with Crippen molar-refractivity contribution in [3.8, 4) is 0 Å². The van der Waals surface area contributed by atoms with Gasteiger partial charge >= 0.3 is 0 Å². The summed E-state index contributed by atoms with van der Waals surface area (Å²) in [5.41, 5.74) is 2.72. The summed E-state index contributed by atoms with van der Waals surface area (Å²) >= 11 is 5.90. The molecule has 0 saturated carbocycles. The van der Waals surface area contributed by atoms with Gasteiger partial charge in [0, 0.05) is 29.2 Å². The molecule has 0 bridgehead atoms. The van der Waals surface area contributed by atoms with E-state index in [-0.39, 0.29) is 5.91 Å². The quantitative estimate of drug-likeness (QED) is 0.850. The van der Waals surface area contributed by atoms with Crippen molar-refractivity contribution in [2.24, 2.45) is 0 Å². The number of hydrogen-bond donors (Lipinski definition) is 0. The molecule has 0 N–H and O–H groups in total. The van der Waals surface area contributed by atoms with Gasteiger partial charge in [-0.3, -0.25) is 4.79 Å². The number of fused-ring (bicyclic) bond motifs is 1. The van der Waals surface area contributed by atoms with Crippen LogP contribution in [0.15, 0.2) is 24.3 Å². The van der Waals surface area contributed by atoms with Crippen molar-refractivity contribution in [1.29, 1.82) is 0 Å². The topological polar surface area (TPSA) is 49.3 Å². The smallest absolute Gasteiger partial charge is 0.254 e. The molecular weight excluding hydrogens is 312 g/mol. The number of aromatic nitrogens is 2. The normalized spacial score (nSPS) is 16.3. The second kappa shape index (κ2) is 5.49. The highest BCUT2D eigenvalue weighted by Crippen LogP contribution is 2.32. The molecule has 2 aromatic rings. The highest BCUT2D eigenvalue weighted by Gasteiger charge is 2.31. The van der Waals surface area contributed by atoms with Crippen molar-refractivity contribution < 1.29 is 4.79 Å². The van der Waals surface area contributed by atoms with Crippen molar-refractivity contribution >= 4 is 23.3 Å². The van der Waals surface area contributed by atoms with Crippen LogP contribution in [0, 0.1) is 6.92 Å². The van der Waals surface area contributed by atoms with E-state index < -0.39 is 0 Å². The van der Waals surface area contributed by atoms with Crippen LogP contribution in [0.2, 0.25) is 5.02 Å². The average Bonchev–Trinajstić information content (AvgIpc) is 2.89.